The van der Waals surface area contributed by atoms with Gasteiger partial charge in [0, 0.05) is 0 Å². The zero-order chi connectivity index (χ0) is 10.5. The second-order valence-electron chi connectivity index (χ2n) is 4.09. The van der Waals surface area contributed by atoms with Gasteiger partial charge >= 0.3 is 17.9 Å². The van der Waals surface area contributed by atoms with Crippen LogP contribution in [-0.4, -0.2) is 36.6 Å². The molecule has 3 aliphatic rings. The van der Waals surface area contributed by atoms with Gasteiger partial charge in [-0.15, -0.1) is 0 Å². The number of carbonyl (C=O) groups is 2. The molecule has 1 atom stereocenters. The molecule has 3 saturated heterocycles. The molecule has 1 N–H and O–H groups in total. The molecular weight excluding hydrogens is 202 g/mol. The Morgan fingerprint density at radius 1 is 1.13 bits per heavy atom. The lowest BCUT2D eigenvalue weighted by Gasteiger charge is -2.53. The number of rotatable bonds is 0. The molecule has 0 saturated carbocycles. The van der Waals surface area contributed by atoms with Gasteiger partial charge in [-0.1, -0.05) is 0 Å². The highest BCUT2D eigenvalue weighted by Crippen LogP contribution is 2.46. The first-order valence-electron chi connectivity index (χ1n) is 5.03. The van der Waals surface area contributed by atoms with Crippen LogP contribution in [0, 0.1) is 0 Å². The summed E-state index contributed by atoms with van der Waals surface area (Å²) in [5, 5.41) is 3.23. The molecule has 0 amide bonds. The second-order valence-corrected chi connectivity index (χ2v) is 4.09. The van der Waals surface area contributed by atoms with Crippen LogP contribution in [0.4, 0.5) is 0 Å². The number of nitrogens with one attached hydrogen (secondary N) is 1. The van der Waals surface area contributed by atoms with Gasteiger partial charge in [0.1, 0.15) is 0 Å². The third kappa shape index (κ3) is 1.00. The fourth-order valence-electron chi connectivity index (χ4n) is 2.32. The highest BCUT2D eigenvalue weighted by atomic mass is 16.9. The first kappa shape index (κ1) is 9.11. The largest absolute Gasteiger partial charge is 0.422 e. The fourth-order valence-corrected chi connectivity index (χ4v) is 2.32. The number of hydrogen-bond donors (Lipinski definition) is 1. The molecule has 6 heteroatoms. The van der Waals surface area contributed by atoms with Gasteiger partial charge in [-0.25, -0.2) is 9.59 Å². The van der Waals surface area contributed by atoms with Crippen molar-refractivity contribution in [1.82, 2.24) is 5.32 Å². The summed E-state index contributed by atoms with van der Waals surface area (Å²) in [6.45, 7) is 1.23. The molecule has 2 spiro atoms. The van der Waals surface area contributed by atoms with Crippen molar-refractivity contribution < 1.29 is 23.8 Å². The number of esters is 2. The highest BCUT2D eigenvalue weighted by Gasteiger charge is 2.72. The van der Waals surface area contributed by atoms with E-state index < -0.39 is 23.5 Å². The van der Waals surface area contributed by atoms with Crippen LogP contribution in [-0.2, 0) is 23.8 Å². The molecule has 6 nitrogen and oxygen atoms in total. The van der Waals surface area contributed by atoms with E-state index in [0.29, 0.717) is 6.61 Å². The van der Waals surface area contributed by atoms with E-state index in [1.807, 2.05) is 0 Å². The molecule has 3 fully saturated rings. The summed E-state index contributed by atoms with van der Waals surface area (Å²) in [4.78, 5) is 22.0. The Bertz CT molecular complexity index is 317. The van der Waals surface area contributed by atoms with E-state index in [0.717, 1.165) is 25.8 Å². The van der Waals surface area contributed by atoms with Gasteiger partial charge in [0.15, 0.2) is 5.54 Å². The summed E-state index contributed by atoms with van der Waals surface area (Å²) < 4.78 is 15.0. The lowest BCUT2D eigenvalue weighted by atomic mass is 9.83. The van der Waals surface area contributed by atoms with E-state index in [2.05, 4.69) is 5.32 Å². The molecule has 0 aromatic heterocycles. The molecule has 3 rings (SSSR count). The Hall–Kier alpha value is -1.14. The normalized spacial score (nSPS) is 37.6. The minimum Gasteiger partial charge on any atom is -0.388 e. The second kappa shape index (κ2) is 2.70. The molecule has 0 bridgehead atoms. The van der Waals surface area contributed by atoms with Crippen LogP contribution >= 0.6 is 0 Å². The summed E-state index contributed by atoms with van der Waals surface area (Å²) in [7, 11) is 0. The first-order chi connectivity index (χ1) is 7.18. The highest BCUT2D eigenvalue weighted by molar-refractivity contribution is 6.31. The van der Waals surface area contributed by atoms with Crippen LogP contribution in [0.1, 0.15) is 19.3 Å². The molecule has 0 radical (unpaired) electrons. The Kier molecular flexibility index (Phi) is 1.64. The molecule has 3 heterocycles. The molecule has 15 heavy (non-hydrogen) atoms. The minimum absolute atomic E-state index is 0.410. The molecule has 0 aromatic rings. The van der Waals surface area contributed by atoms with Gasteiger partial charge in [0.05, 0.1) is 6.61 Å². The topological polar surface area (TPSA) is 73.9 Å². The number of hydrogen-bond acceptors (Lipinski definition) is 6. The van der Waals surface area contributed by atoms with E-state index in [4.69, 9.17) is 14.2 Å². The molecular formula is C9H11NO5. The predicted molar refractivity (Wildman–Crippen MR) is 45.5 cm³/mol. The standard InChI is InChI=1S/C9H11NO5/c11-6-7(12)15-9(14-6)8(5-13-9)3-1-2-4-10-8/h10H,1-5H2. The molecule has 1 unspecified atom stereocenters. The lowest BCUT2D eigenvalue weighted by molar-refractivity contribution is -0.432. The van der Waals surface area contributed by atoms with Crippen molar-refractivity contribution in [3.63, 3.8) is 0 Å². The molecule has 82 valence electrons. The van der Waals surface area contributed by atoms with E-state index in [1.165, 1.54) is 0 Å². The predicted octanol–water partition coefficient (Wildman–Crippen LogP) is -0.717. The van der Waals surface area contributed by atoms with Crippen molar-refractivity contribution in [1.29, 1.82) is 0 Å². The minimum atomic E-state index is -1.48. The van der Waals surface area contributed by atoms with Crippen molar-refractivity contribution in [3.8, 4) is 0 Å². The van der Waals surface area contributed by atoms with Crippen molar-refractivity contribution in [2.45, 2.75) is 30.8 Å². The van der Waals surface area contributed by atoms with Gasteiger partial charge in [-0.3, -0.25) is 0 Å². The SMILES string of the molecule is O=C1OC2(OCC23CCCCN3)OC1=O. The summed E-state index contributed by atoms with van der Waals surface area (Å²) >= 11 is 0. The van der Waals surface area contributed by atoms with E-state index in [-0.39, 0.29) is 0 Å². The van der Waals surface area contributed by atoms with Crippen LogP contribution in [0.3, 0.4) is 0 Å². The number of piperidine rings is 1. The van der Waals surface area contributed by atoms with E-state index in [9.17, 15) is 9.59 Å². The number of carbonyl (C=O) groups excluding carboxylic acids is 2. The van der Waals surface area contributed by atoms with Crippen LogP contribution in [0.5, 0.6) is 0 Å². The zero-order valence-corrected chi connectivity index (χ0v) is 8.08. The third-order valence-electron chi connectivity index (χ3n) is 3.21. The molecule has 0 aliphatic carbocycles. The van der Waals surface area contributed by atoms with Gasteiger partial charge in [0.25, 0.3) is 0 Å². The van der Waals surface area contributed by atoms with Crippen LogP contribution < -0.4 is 5.32 Å². The summed E-state index contributed by atoms with van der Waals surface area (Å²) in [5.74, 6) is -3.43. The van der Waals surface area contributed by atoms with Crippen LogP contribution in [0.25, 0.3) is 0 Å². The zero-order valence-electron chi connectivity index (χ0n) is 8.08. The number of fused-ring (bicyclic) bond motifs is 1. The fraction of sp³-hybridized carbons (Fsp3) is 0.778. The Labute approximate surface area is 85.9 Å². The van der Waals surface area contributed by atoms with Crippen molar-refractivity contribution in [2.75, 3.05) is 13.2 Å². The van der Waals surface area contributed by atoms with Crippen LogP contribution in [0.2, 0.25) is 0 Å². The Balaban J connectivity index is 1.87. The average molecular weight is 213 g/mol. The third-order valence-corrected chi connectivity index (χ3v) is 3.21. The van der Waals surface area contributed by atoms with E-state index in [1.54, 1.807) is 0 Å². The summed E-state index contributed by atoms with van der Waals surface area (Å²) in [6, 6.07) is 0. The smallest absolute Gasteiger partial charge is 0.388 e. The van der Waals surface area contributed by atoms with Gasteiger partial charge in [-0.05, 0) is 25.8 Å². The van der Waals surface area contributed by atoms with E-state index >= 15 is 0 Å². The Morgan fingerprint density at radius 3 is 2.33 bits per heavy atom. The molecule has 0 aromatic carbocycles. The van der Waals surface area contributed by atoms with Crippen LogP contribution in [0.15, 0.2) is 0 Å². The van der Waals surface area contributed by atoms with Gasteiger partial charge < -0.3 is 19.5 Å². The van der Waals surface area contributed by atoms with Crippen molar-refractivity contribution >= 4 is 11.9 Å². The maximum atomic E-state index is 11.0. The molecule has 3 aliphatic heterocycles. The Morgan fingerprint density at radius 2 is 1.87 bits per heavy atom. The summed E-state index contributed by atoms with van der Waals surface area (Å²) in [5.41, 5.74) is -0.521. The van der Waals surface area contributed by atoms with Gasteiger partial charge in [-0.2, -0.15) is 0 Å². The summed E-state index contributed by atoms with van der Waals surface area (Å²) in [6.07, 6.45) is 2.86. The van der Waals surface area contributed by atoms with Crippen molar-refractivity contribution in [3.05, 3.63) is 0 Å². The lowest BCUT2D eigenvalue weighted by Crippen LogP contribution is -2.77. The quantitative estimate of drug-likeness (QED) is 0.423. The monoisotopic (exact) mass is 213 g/mol. The maximum absolute atomic E-state index is 11.0. The van der Waals surface area contributed by atoms with Gasteiger partial charge in [0.2, 0.25) is 0 Å². The maximum Gasteiger partial charge on any atom is 0.422 e. The van der Waals surface area contributed by atoms with Crippen molar-refractivity contribution in [2.24, 2.45) is 0 Å². The number of ether oxygens (including phenoxy) is 3. The first-order valence-corrected chi connectivity index (χ1v) is 5.03. The average Bonchev–Trinajstić information content (AvgIpc) is 2.58.